The Morgan fingerprint density at radius 3 is 1.26 bits per heavy atom. The summed E-state index contributed by atoms with van der Waals surface area (Å²) in [4.78, 5) is 53.9. The molecule has 3 rings (SSSR count). The molecular weight excluding hydrogens is 488 g/mol. The molecule has 0 bridgehead atoms. The van der Waals surface area contributed by atoms with Gasteiger partial charge in [0.25, 0.3) is 0 Å². The van der Waals surface area contributed by atoms with Crippen LogP contribution in [0.2, 0.25) is 0 Å². The highest BCUT2D eigenvalue weighted by atomic mass is 16.6. The SMILES string of the molecule is CC(C)(C)OC(=O)N1CCC(C(=O)Nc2ccccc2NC(=O)C2CCN(C(=O)OC(C)(C)C)CC2)CC1. The highest BCUT2D eigenvalue weighted by molar-refractivity contribution is 6.01. The number of anilines is 2. The number of benzene rings is 1. The van der Waals surface area contributed by atoms with E-state index in [2.05, 4.69) is 10.6 Å². The summed E-state index contributed by atoms with van der Waals surface area (Å²) >= 11 is 0. The molecule has 0 saturated carbocycles. The number of rotatable bonds is 4. The van der Waals surface area contributed by atoms with E-state index < -0.39 is 11.2 Å². The van der Waals surface area contributed by atoms with Crippen LogP contribution in [0.4, 0.5) is 21.0 Å². The molecule has 38 heavy (non-hydrogen) atoms. The van der Waals surface area contributed by atoms with Crippen molar-refractivity contribution >= 4 is 35.4 Å². The fourth-order valence-corrected chi connectivity index (χ4v) is 4.47. The van der Waals surface area contributed by atoms with Gasteiger partial charge in [0.15, 0.2) is 0 Å². The third-order valence-electron chi connectivity index (χ3n) is 6.48. The number of amides is 4. The second-order valence-corrected chi connectivity index (χ2v) is 12.0. The van der Waals surface area contributed by atoms with E-state index in [1.807, 2.05) is 41.5 Å². The number of ether oxygens (including phenoxy) is 2. The molecule has 10 nitrogen and oxygen atoms in total. The molecule has 0 aliphatic carbocycles. The number of likely N-dealkylation sites (tertiary alicyclic amines) is 2. The summed E-state index contributed by atoms with van der Waals surface area (Å²) in [6.07, 6.45) is 1.43. The number of hydrogen-bond donors (Lipinski definition) is 2. The normalized spacial score (nSPS) is 17.5. The highest BCUT2D eigenvalue weighted by Crippen LogP contribution is 2.27. The summed E-state index contributed by atoms with van der Waals surface area (Å²) in [7, 11) is 0. The van der Waals surface area contributed by atoms with Crippen LogP contribution in [-0.2, 0) is 19.1 Å². The summed E-state index contributed by atoms with van der Waals surface area (Å²) in [5.74, 6) is -0.758. The first-order chi connectivity index (χ1) is 17.7. The first-order valence-corrected chi connectivity index (χ1v) is 13.4. The minimum absolute atomic E-state index is 0.138. The molecule has 0 unspecified atom stereocenters. The van der Waals surface area contributed by atoms with Gasteiger partial charge in [-0.1, -0.05) is 12.1 Å². The zero-order valence-electron chi connectivity index (χ0n) is 23.5. The molecule has 2 aliphatic rings. The topological polar surface area (TPSA) is 117 Å². The van der Waals surface area contributed by atoms with E-state index in [1.54, 1.807) is 34.1 Å². The van der Waals surface area contributed by atoms with Crippen molar-refractivity contribution in [3.8, 4) is 0 Å². The third-order valence-corrected chi connectivity index (χ3v) is 6.48. The molecule has 2 N–H and O–H groups in total. The molecule has 2 fully saturated rings. The van der Waals surface area contributed by atoms with E-state index in [9.17, 15) is 19.2 Å². The van der Waals surface area contributed by atoms with Crippen LogP contribution in [-0.4, -0.2) is 71.2 Å². The van der Waals surface area contributed by atoms with Crippen molar-refractivity contribution in [2.75, 3.05) is 36.8 Å². The quantitative estimate of drug-likeness (QED) is 0.574. The standard InChI is InChI=1S/C28H42N4O6/c1-27(2,3)37-25(35)31-15-11-19(12-16-31)23(33)29-21-9-7-8-10-22(21)30-24(34)20-13-17-32(18-14-20)26(36)38-28(4,5)6/h7-10,19-20H,11-18H2,1-6H3,(H,29,33)(H,30,34). The van der Waals surface area contributed by atoms with E-state index in [0.717, 1.165) is 0 Å². The first-order valence-electron chi connectivity index (χ1n) is 13.4. The number of para-hydroxylation sites is 2. The summed E-state index contributed by atoms with van der Waals surface area (Å²) in [6.45, 7) is 12.8. The van der Waals surface area contributed by atoms with Gasteiger partial charge in [-0.2, -0.15) is 0 Å². The molecule has 4 amide bonds. The van der Waals surface area contributed by atoms with Gasteiger partial charge >= 0.3 is 12.2 Å². The Bertz CT molecular complexity index is 932. The van der Waals surface area contributed by atoms with Gasteiger partial charge in [-0.3, -0.25) is 9.59 Å². The summed E-state index contributed by atoms with van der Waals surface area (Å²) < 4.78 is 10.9. The second-order valence-electron chi connectivity index (χ2n) is 12.0. The molecule has 10 heteroatoms. The monoisotopic (exact) mass is 530 g/mol. The lowest BCUT2D eigenvalue weighted by Gasteiger charge is -2.33. The van der Waals surface area contributed by atoms with Crippen LogP contribution in [0, 0.1) is 11.8 Å². The smallest absolute Gasteiger partial charge is 0.410 e. The molecule has 1 aromatic rings. The van der Waals surface area contributed by atoms with Gasteiger partial charge in [-0.25, -0.2) is 9.59 Å². The summed E-state index contributed by atoms with van der Waals surface area (Å²) in [6, 6.07) is 7.12. The van der Waals surface area contributed by atoms with Gasteiger partial charge < -0.3 is 29.9 Å². The third kappa shape index (κ3) is 8.63. The van der Waals surface area contributed by atoms with Gasteiger partial charge in [-0.05, 0) is 79.4 Å². The van der Waals surface area contributed by atoms with Crippen molar-refractivity contribution in [3.05, 3.63) is 24.3 Å². The van der Waals surface area contributed by atoms with E-state index in [-0.39, 0.29) is 35.8 Å². The van der Waals surface area contributed by atoms with Crippen LogP contribution >= 0.6 is 0 Å². The number of nitrogens with zero attached hydrogens (tertiary/aromatic N) is 2. The predicted molar refractivity (Wildman–Crippen MR) is 145 cm³/mol. The molecule has 0 spiro atoms. The van der Waals surface area contributed by atoms with Crippen molar-refractivity contribution in [3.63, 3.8) is 0 Å². The van der Waals surface area contributed by atoms with Crippen molar-refractivity contribution in [1.82, 2.24) is 9.80 Å². The fourth-order valence-electron chi connectivity index (χ4n) is 4.47. The van der Waals surface area contributed by atoms with Crippen molar-refractivity contribution < 1.29 is 28.7 Å². The van der Waals surface area contributed by atoms with Crippen LogP contribution in [0.25, 0.3) is 0 Å². The largest absolute Gasteiger partial charge is 0.444 e. The maximum Gasteiger partial charge on any atom is 0.410 e. The minimum Gasteiger partial charge on any atom is -0.444 e. The molecule has 0 aromatic heterocycles. The molecule has 1 aromatic carbocycles. The van der Waals surface area contributed by atoms with E-state index in [1.165, 1.54) is 0 Å². The average Bonchev–Trinajstić information content (AvgIpc) is 2.83. The molecule has 0 radical (unpaired) electrons. The number of carbonyl (C=O) groups is 4. The van der Waals surface area contributed by atoms with Gasteiger partial charge in [0, 0.05) is 38.0 Å². The summed E-state index contributed by atoms with van der Waals surface area (Å²) in [5, 5.41) is 5.91. The van der Waals surface area contributed by atoms with Gasteiger partial charge in [0.2, 0.25) is 11.8 Å². The van der Waals surface area contributed by atoms with Gasteiger partial charge in [0.05, 0.1) is 11.4 Å². The Morgan fingerprint density at radius 1 is 0.658 bits per heavy atom. The lowest BCUT2D eigenvalue weighted by molar-refractivity contribution is -0.122. The zero-order valence-corrected chi connectivity index (χ0v) is 23.5. The van der Waals surface area contributed by atoms with Crippen LogP contribution < -0.4 is 10.6 Å². The van der Waals surface area contributed by atoms with E-state index in [0.29, 0.717) is 63.2 Å². The van der Waals surface area contributed by atoms with Crippen molar-refractivity contribution in [2.24, 2.45) is 11.8 Å². The number of nitrogens with one attached hydrogen (secondary N) is 2. The van der Waals surface area contributed by atoms with Crippen LogP contribution in [0.3, 0.4) is 0 Å². The first kappa shape index (κ1) is 29.3. The van der Waals surface area contributed by atoms with Crippen molar-refractivity contribution in [1.29, 1.82) is 0 Å². The highest BCUT2D eigenvalue weighted by Gasteiger charge is 2.32. The maximum absolute atomic E-state index is 13.0. The van der Waals surface area contributed by atoms with Crippen molar-refractivity contribution in [2.45, 2.75) is 78.4 Å². The van der Waals surface area contributed by atoms with Gasteiger partial charge in [0.1, 0.15) is 11.2 Å². The second kappa shape index (κ2) is 12.0. The lowest BCUT2D eigenvalue weighted by Crippen LogP contribution is -2.44. The molecule has 2 heterocycles. The predicted octanol–water partition coefficient (Wildman–Crippen LogP) is 4.86. The Morgan fingerprint density at radius 2 is 0.974 bits per heavy atom. The van der Waals surface area contributed by atoms with E-state index in [4.69, 9.17) is 9.47 Å². The van der Waals surface area contributed by atoms with Gasteiger partial charge in [-0.15, -0.1) is 0 Å². The average molecular weight is 531 g/mol. The molecule has 2 aliphatic heterocycles. The Kier molecular flexibility index (Phi) is 9.27. The summed E-state index contributed by atoms with van der Waals surface area (Å²) in [5.41, 5.74) is -0.0541. The minimum atomic E-state index is -0.561. The number of piperidine rings is 2. The Hall–Kier alpha value is -3.30. The van der Waals surface area contributed by atoms with Crippen LogP contribution in [0.15, 0.2) is 24.3 Å². The van der Waals surface area contributed by atoms with Crippen LogP contribution in [0.1, 0.15) is 67.2 Å². The van der Waals surface area contributed by atoms with Crippen LogP contribution in [0.5, 0.6) is 0 Å². The molecule has 0 atom stereocenters. The fraction of sp³-hybridized carbons (Fsp3) is 0.643. The molecular formula is C28H42N4O6. The zero-order chi connectivity index (χ0) is 28.1. The Balaban J connectivity index is 1.51. The molecule has 210 valence electrons. The maximum atomic E-state index is 13.0. The molecule has 2 saturated heterocycles. The lowest BCUT2D eigenvalue weighted by atomic mass is 9.95. The number of carbonyl (C=O) groups excluding carboxylic acids is 4. The van der Waals surface area contributed by atoms with E-state index >= 15 is 0 Å². The number of hydrogen-bond acceptors (Lipinski definition) is 6. The Labute approximate surface area is 225 Å².